The molecule has 0 fully saturated rings. The van der Waals surface area contributed by atoms with Crippen molar-refractivity contribution in [2.75, 3.05) is 0 Å². The lowest BCUT2D eigenvalue weighted by Gasteiger charge is -2.20. The normalized spacial score (nSPS) is 15.5. The molecule has 0 rings (SSSR count). The fourth-order valence-corrected chi connectivity index (χ4v) is 2.81. The summed E-state index contributed by atoms with van der Waals surface area (Å²) in [6, 6.07) is 0. The van der Waals surface area contributed by atoms with Gasteiger partial charge in [-0.15, -0.1) is 0 Å². The molecule has 2 nitrogen and oxygen atoms in total. The topological polar surface area (TPSA) is 18.5 Å². The van der Waals surface area contributed by atoms with Gasteiger partial charge in [0.1, 0.15) is 0 Å². The summed E-state index contributed by atoms with van der Waals surface area (Å²) in [5.41, 5.74) is 0. The molecule has 0 aromatic heterocycles. The van der Waals surface area contributed by atoms with E-state index >= 15 is 0 Å². The molecule has 2 unspecified atom stereocenters. The van der Waals surface area contributed by atoms with E-state index in [1.54, 1.807) is 0 Å². The van der Waals surface area contributed by atoms with E-state index in [9.17, 15) is 0 Å². The molecule has 0 aliphatic carbocycles. The van der Waals surface area contributed by atoms with Gasteiger partial charge in [-0.2, -0.15) is 0 Å². The van der Waals surface area contributed by atoms with Crippen molar-refractivity contribution in [3.05, 3.63) is 0 Å². The third-order valence-electron chi connectivity index (χ3n) is 2.25. The van der Waals surface area contributed by atoms with Crippen LogP contribution in [0.3, 0.4) is 0 Å². The van der Waals surface area contributed by atoms with E-state index in [1.165, 1.54) is 0 Å². The molecule has 3 heteroatoms. The third kappa shape index (κ3) is 6.51. The largest absolute Gasteiger partial charge is 0.674 e. The maximum Gasteiger partial charge on any atom is 0.674 e. The molecule has 0 saturated heterocycles. The molecule has 0 aliphatic heterocycles. The van der Waals surface area contributed by atoms with Gasteiger partial charge in [0.2, 0.25) is 0 Å². The van der Waals surface area contributed by atoms with Crippen LogP contribution in [0.25, 0.3) is 0 Å². The van der Waals surface area contributed by atoms with Gasteiger partial charge in [0, 0.05) is 12.2 Å². The summed E-state index contributed by atoms with van der Waals surface area (Å²) in [6.07, 6.45) is 2.88. The van der Waals surface area contributed by atoms with Crippen LogP contribution in [-0.2, 0) is 7.58 Å². The van der Waals surface area contributed by atoms with E-state index in [2.05, 4.69) is 34.6 Å². The highest BCUT2D eigenvalue weighted by Crippen LogP contribution is 2.08. The zero-order chi connectivity index (χ0) is 10.3. The molecule has 0 saturated carbocycles. The predicted molar refractivity (Wildman–Crippen MR) is 57.9 cm³/mol. The van der Waals surface area contributed by atoms with Crippen LogP contribution in [0, 0.1) is 0 Å². The zero-order valence-electron chi connectivity index (χ0n) is 9.67. The van der Waals surface area contributed by atoms with Gasteiger partial charge >= 0.3 is 14.8 Å². The lowest BCUT2D eigenvalue weighted by Crippen LogP contribution is -2.30. The van der Waals surface area contributed by atoms with Crippen molar-refractivity contribution < 1.29 is 7.58 Å². The molecule has 0 N–H and O–H groups in total. The molecular weight excluding hydrogens is 179 g/mol. The van der Waals surface area contributed by atoms with Crippen molar-refractivity contribution in [2.24, 2.45) is 0 Å². The molecule has 0 aliphatic rings. The summed E-state index contributed by atoms with van der Waals surface area (Å²) in [4.78, 5) is 0. The van der Waals surface area contributed by atoms with E-state index in [0.717, 1.165) is 18.1 Å². The molecule has 0 spiro atoms. The summed E-state index contributed by atoms with van der Waals surface area (Å²) in [5, 5.41) is 1.06. The summed E-state index contributed by atoms with van der Waals surface area (Å²) < 4.78 is 11.7. The van der Waals surface area contributed by atoms with Gasteiger partial charge in [0.15, 0.2) is 0 Å². The Labute approximate surface area is 87.7 Å². The van der Waals surface area contributed by atoms with Crippen molar-refractivity contribution in [1.29, 1.82) is 0 Å². The number of rotatable bonds is 7. The van der Waals surface area contributed by atoms with Crippen LogP contribution in [0.15, 0.2) is 0 Å². The molecule has 13 heavy (non-hydrogen) atoms. The van der Waals surface area contributed by atoms with Crippen molar-refractivity contribution in [1.82, 2.24) is 0 Å². The van der Waals surface area contributed by atoms with Crippen LogP contribution in [-0.4, -0.2) is 27.0 Å². The summed E-state index contributed by atoms with van der Waals surface area (Å²) >= 11 is -1.36. The first kappa shape index (κ1) is 13.5. The SMILES string of the molecule is CCC(C)[O][Al]([CH2]C)[O]C(C)CC. The number of hydrogen-bond donors (Lipinski definition) is 0. The van der Waals surface area contributed by atoms with Crippen LogP contribution in [0.4, 0.5) is 0 Å². The monoisotopic (exact) mass is 202 g/mol. The molecule has 0 heterocycles. The molecule has 78 valence electrons. The Balaban J connectivity index is 3.74. The minimum absolute atomic E-state index is 0.362. The minimum atomic E-state index is -1.36. The van der Waals surface area contributed by atoms with Crippen LogP contribution in [0.1, 0.15) is 47.5 Å². The molecule has 0 aromatic rings. The Hall–Kier alpha value is 0.452. The van der Waals surface area contributed by atoms with E-state index in [-0.39, 0.29) is 0 Å². The molecular formula is C10H23AlO2. The van der Waals surface area contributed by atoms with E-state index in [1.807, 2.05) is 0 Å². The Morgan fingerprint density at radius 3 is 1.54 bits per heavy atom. The minimum Gasteiger partial charge on any atom is -0.476 e. The maximum absolute atomic E-state index is 5.84. The second-order valence-electron chi connectivity index (χ2n) is 3.55. The molecule has 0 amide bonds. The highest BCUT2D eigenvalue weighted by atomic mass is 27.2. The molecule has 0 aromatic carbocycles. The van der Waals surface area contributed by atoms with Crippen LogP contribution < -0.4 is 0 Å². The van der Waals surface area contributed by atoms with Gasteiger partial charge in [0.05, 0.1) is 0 Å². The predicted octanol–water partition coefficient (Wildman–Crippen LogP) is 3.12. The van der Waals surface area contributed by atoms with E-state index in [0.29, 0.717) is 12.2 Å². The van der Waals surface area contributed by atoms with Gasteiger partial charge in [-0.3, -0.25) is 0 Å². The average molecular weight is 202 g/mol. The number of hydrogen-bond acceptors (Lipinski definition) is 2. The van der Waals surface area contributed by atoms with E-state index in [4.69, 9.17) is 7.58 Å². The highest BCUT2D eigenvalue weighted by Gasteiger charge is 2.26. The van der Waals surface area contributed by atoms with Crippen molar-refractivity contribution >= 4 is 14.8 Å². The Morgan fingerprint density at radius 2 is 1.31 bits per heavy atom. The van der Waals surface area contributed by atoms with Crippen molar-refractivity contribution in [3.8, 4) is 0 Å². The lowest BCUT2D eigenvalue weighted by atomic mass is 10.3. The van der Waals surface area contributed by atoms with Gasteiger partial charge in [-0.1, -0.05) is 20.8 Å². The summed E-state index contributed by atoms with van der Waals surface area (Å²) in [5.74, 6) is 0. The van der Waals surface area contributed by atoms with Crippen LogP contribution in [0.2, 0.25) is 5.28 Å². The van der Waals surface area contributed by atoms with Gasteiger partial charge in [-0.25, -0.2) is 0 Å². The average Bonchev–Trinajstić information content (AvgIpc) is 2.16. The van der Waals surface area contributed by atoms with Gasteiger partial charge < -0.3 is 7.58 Å². The fourth-order valence-electron chi connectivity index (χ4n) is 0.935. The molecule has 2 atom stereocenters. The third-order valence-corrected chi connectivity index (χ3v) is 4.45. The zero-order valence-corrected chi connectivity index (χ0v) is 10.8. The summed E-state index contributed by atoms with van der Waals surface area (Å²) in [6.45, 7) is 10.7. The quantitative estimate of drug-likeness (QED) is 0.590. The van der Waals surface area contributed by atoms with E-state index < -0.39 is 14.8 Å². The Bertz CT molecular complexity index is 107. The second-order valence-corrected chi connectivity index (χ2v) is 5.77. The molecule has 0 radical (unpaired) electrons. The Kier molecular flexibility index (Phi) is 8.09. The Morgan fingerprint density at radius 1 is 0.923 bits per heavy atom. The lowest BCUT2D eigenvalue weighted by molar-refractivity contribution is 0.111. The fraction of sp³-hybridized carbons (Fsp3) is 1.00. The van der Waals surface area contributed by atoms with Crippen molar-refractivity contribution in [3.63, 3.8) is 0 Å². The first-order chi connectivity index (χ1) is 6.13. The highest BCUT2D eigenvalue weighted by molar-refractivity contribution is 6.44. The summed E-state index contributed by atoms with van der Waals surface area (Å²) in [7, 11) is 0. The van der Waals surface area contributed by atoms with Gasteiger partial charge in [0.25, 0.3) is 0 Å². The maximum atomic E-state index is 5.84. The first-order valence-corrected chi connectivity index (χ1v) is 7.20. The smallest absolute Gasteiger partial charge is 0.476 e. The van der Waals surface area contributed by atoms with Gasteiger partial charge in [-0.05, 0) is 32.0 Å². The second kappa shape index (κ2) is 7.82. The standard InChI is InChI=1S/2C4H9O.C2H5.Al/c2*1-3-4(2)5;1-2;/h2*4H,3H2,1-2H3;1H2,2H3;/q2*-1;;+2. The van der Waals surface area contributed by atoms with Crippen molar-refractivity contribution in [2.45, 2.75) is 65.0 Å². The van der Waals surface area contributed by atoms with Crippen LogP contribution in [0.5, 0.6) is 0 Å². The van der Waals surface area contributed by atoms with Crippen LogP contribution >= 0.6 is 0 Å². The first-order valence-electron chi connectivity index (χ1n) is 5.44. The molecule has 0 bridgehead atoms.